The average Bonchev–Trinajstić information content (AvgIpc) is 2.85. The van der Waals surface area contributed by atoms with Crippen LogP contribution in [-0.4, -0.2) is 29.2 Å². The molecule has 3 rings (SSSR count). The summed E-state index contributed by atoms with van der Waals surface area (Å²) in [5, 5.41) is 6.37. The molecule has 0 radical (unpaired) electrons. The van der Waals surface area contributed by atoms with Crippen LogP contribution in [0, 0.1) is 0 Å². The Morgan fingerprint density at radius 2 is 2.39 bits per heavy atom. The third kappa shape index (κ3) is 2.39. The van der Waals surface area contributed by atoms with Crippen molar-refractivity contribution in [3.63, 3.8) is 0 Å². The highest BCUT2D eigenvalue weighted by Crippen LogP contribution is 2.26. The number of aromatic nitrogens is 2. The number of hydrogen-bond acceptors (Lipinski definition) is 6. The number of nitrogens with one attached hydrogen (secondary N) is 1. The molecule has 0 amide bonds. The van der Waals surface area contributed by atoms with Gasteiger partial charge in [-0.3, -0.25) is 0 Å². The second-order valence-corrected chi connectivity index (χ2v) is 5.33. The first-order chi connectivity index (χ1) is 8.83. The largest absolute Gasteiger partial charge is 0.376 e. The van der Waals surface area contributed by atoms with Crippen LogP contribution in [0.4, 0.5) is 11.8 Å². The molecule has 0 saturated carbocycles. The van der Waals surface area contributed by atoms with E-state index >= 15 is 0 Å². The number of nitrogen functional groups attached to an aromatic ring is 1. The van der Waals surface area contributed by atoms with E-state index in [0.717, 1.165) is 35.6 Å². The Morgan fingerprint density at radius 3 is 3.22 bits per heavy atom. The molecule has 18 heavy (non-hydrogen) atoms. The Bertz CT molecular complexity index is 536. The molecule has 1 aliphatic rings. The fourth-order valence-corrected chi connectivity index (χ4v) is 2.96. The van der Waals surface area contributed by atoms with Crippen molar-refractivity contribution in [2.75, 3.05) is 24.2 Å². The molecule has 1 fully saturated rings. The minimum absolute atomic E-state index is 0.281. The van der Waals surface area contributed by atoms with E-state index in [0.29, 0.717) is 5.95 Å². The summed E-state index contributed by atoms with van der Waals surface area (Å²) in [5.41, 5.74) is 5.71. The van der Waals surface area contributed by atoms with E-state index in [1.807, 2.05) is 11.4 Å². The SMILES string of the molecule is Nc1nc(NCC2CCCCO2)c2ccsc2n1. The summed E-state index contributed by atoms with van der Waals surface area (Å²) >= 11 is 1.57. The zero-order valence-corrected chi connectivity index (χ0v) is 10.9. The lowest BCUT2D eigenvalue weighted by atomic mass is 10.1. The minimum Gasteiger partial charge on any atom is -0.376 e. The molecule has 2 aromatic heterocycles. The van der Waals surface area contributed by atoms with Crippen LogP contribution < -0.4 is 11.1 Å². The molecule has 0 bridgehead atoms. The predicted molar refractivity (Wildman–Crippen MR) is 73.9 cm³/mol. The average molecular weight is 264 g/mol. The van der Waals surface area contributed by atoms with E-state index < -0.39 is 0 Å². The first kappa shape index (κ1) is 11.7. The van der Waals surface area contributed by atoms with Crippen LogP contribution in [0.5, 0.6) is 0 Å². The molecule has 1 atom stereocenters. The maximum absolute atomic E-state index is 5.71. The smallest absolute Gasteiger partial charge is 0.223 e. The van der Waals surface area contributed by atoms with E-state index in [1.54, 1.807) is 11.3 Å². The van der Waals surface area contributed by atoms with E-state index in [-0.39, 0.29) is 6.10 Å². The van der Waals surface area contributed by atoms with Crippen molar-refractivity contribution < 1.29 is 4.74 Å². The van der Waals surface area contributed by atoms with Gasteiger partial charge in [-0.05, 0) is 30.7 Å². The fraction of sp³-hybridized carbons (Fsp3) is 0.500. The fourth-order valence-electron chi connectivity index (χ4n) is 2.19. The summed E-state index contributed by atoms with van der Waals surface area (Å²) in [6.45, 7) is 1.65. The molecular weight excluding hydrogens is 248 g/mol. The molecule has 2 aromatic rings. The molecule has 1 unspecified atom stereocenters. The van der Waals surface area contributed by atoms with Gasteiger partial charge in [0.25, 0.3) is 0 Å². The number of nitrogens with zero attached hydrogens (tertiary/aromatic N) is 2. The number of hydrogen-bond donors (Lipinski definition) is 2. The Hall–Kier alpha value is -1.40. The van der Waals surface area contributed by atoms with Crippen LogP contribution in [0.25, 0.3) is 10.2 Å². The number of thiophene rings is 1. The van der Waals surface area contributed by atoms with Gasteiger partial charge in [0.2, 0.25) is 5.95 Å². The number of rotatable bonds is 3. The zero-order chi connectivity index (χ0) is 12.4. The van der Waals surface area contributed by atoms with E-state index in [1.165, 1.54) is 12.8 Å². The standard InChI is InChI=1S/C12H16N4OS/c13-12-15-10(9-4-6-18-11(9)16-12)14-7-8-3-1-2-5-17-8/h4,6,8H,1-3,5,7H2,(H3,13,14,15,16). The zero-order valence-electron chi connectivity index (χ0n) is 10.1. The van der Waals surface area contributed by atoms with E-state index in [9.17, 15) is 0 Å². The van der Waals surface area contributed by atoms with Crippen molar-refractivity contribution in [3.05, 3.63) is 11.4 Å². The lowest BCUT2D eigenvalue weighted by Gasteiger charge is -2.23. The third-order valence-corrected chi connectivity index (χ3v) is 3.92. The molecule has 0 aliphatic carbocycles. The molecule has 0 spiro atoms. The van der Waals surface area contributed by atoms with Gasteiger partial charge >= 0.3 is 0 Å². The maximum Gasteiger partial charge on any atom is 0.223 e. The lowest BCUT2D eigenvalue weighted by molar-refractivity contribution is 0.0247. The summed E-state index contributed by atoms with van der Waals surface area (Å²) in [5.74, 6) is 1.13. The van der Waals surface area contributed by atoms with Crippen molar-refractivity contribution in [1.29, 1.82) is 0 Å². The van der Waals surface area contributed by atoms with E-state index in [4.69, 9.17) is 10.5 Å². The molecular formula is C12H16N4OS. The Kier molecular flexibility index (Phi) is 3.29. The van der Waals surface area contributed by atoms with Gasteiger partial charge in [-0.25, -0.2) is 4.98 Å². The van der Waals surface area contributed by atoms with Crippen molar-refractivity contribution in [2.45, 2.75) is 25.4 Å². The van der Waals surface area contributed by atoms with Gasteiger partial charge in [-0.1, -0.05) is 0 Å². The molecule has 6 heteroatoms. The van der Waals surface area contributed by atoms with Crippen LogP contribution in [-0.2, 0) is 4.74 Å². The van der Waals surface area contributed by atoms with Gasteiger partial charge in [0.05, 0.1) is 11.5 Å². The summed E-state index contributed by atoms with van der Waals surface area (Å²) < 4.78 is 5.69. The van der Waals surface area contributed by atoms with Gasteiger partial charge in [-0.15, -0.1) is 11.3 Å². The van der Waals surface area contributed by atoms with Gasteiger partial charge in [0.15, 0.2) is 0 Å². The number of anilines is 2. The van der Waals surface area contributed by atoms with Crippen molar-refractivity contribution in [2.24, 2.45) is 0 Å². The van der Waals surface area contributed by atoms with Crippen LogP contribution in [0.2, 0.25) is 0 Å². The van der Waals surface area contributed by atoms with Crippen LogP contribution in [0.1, 0.15) is 19.3 Å². The number of fused-ring (bicyclic) bond motifs is 1. The highest BCUT2D eigenvalue weighted by atomic mass is 32.1. The highest BCUT2D eigenvalue weighted by molar-refractivity contribution is 7.16. The Balaban J connectivity index is 1.75. The number of nitrogens with two attached hydrogens (primary N) is 1. The third-order valence-electron chi connectivity index (χ3n) is 3.11. The van der Waals surface area contributed by atoms with Crippen molar-refractivity contribution in [3.8, 4) is 0 Å². The molecule has 96 valence electrons. The second-order valence-electron chi connectivity index (χ2n) is 4.44. The quantitative estimate of drug-likeness (QED) is 0.889. The van der Waals surface area contributed by atoms with Gasteiger partial charge in [0.1, 0.15) is 10.6 Å². The van der Waals surface area contributed by atoms with Gasteiger partial charge in [-0.2, -0.15) is 4.98 Å². The normalized spacial score (nSPS) is 20.1. The van der Waals surface area contributed by atoms with Crippen molar-refractivity contribution in [1.82, 2.24) is 9.97 Å². The van der Waals surface area contributed by atoms with Crippen LogP contribution >= 0.6 is 11.3 Å². The second kappa shape index (κ2) is 5.07. The molecule has 0 aromatic carbocycles. The monoisotopic (exact) mass is 264 g/mol. The summed E-state index contributed by atoms with van der Waals surface area (Å²) in [4.78, 5) is 9.40. The summed E-state index contributed by atoms with van der Waals surface area (Å²) in [7, 11) is 0. The van der Waals surface area contributed by atoms with Gasteiger partial charge < -0.3 is 15.8 Å². The minimum atomic E-state index is 0.281. The summed E-state index contributed by atoms with van der Waals surface area (Å²) in [6, 6.07) is 2.02. The topological polar surface area (TPSA) is 73.1 Å². The highest BCUT2D eigenvalue weighted by Gasteiger charge is 2.14. The van der Waals surface area contributed by atoms with E-state index in [2.05, 4.69) is 15.3 Å². The van der Waals surface area contributed by atoms with Crippen LogP contribution in [0.3, 0.4) is 0 Å². The maximum atomic E-state index is 5.71. The molecule has 1 aliphatic heterocycles. The molecule has 1 saturated heterocycles. The first-order valence-corrected chi connectivity index (χ1v) is 7.07. The van der Waals surface area contributed by atoms with Crippen molar-refractivity contribution >= 4 is 33.3 Å². The molecule has 3 N–H and O–H groups in total. The molecule has 5 nitrogen and oxygen atoms in total. The Labute approximate surface area is 109 Å². The number of ether oxygens (including phenoxy) is 1. The van der Waals surface area contributed by atoms with Crippen LogP contribution in [0.15, 0.2) is 11.4 Å². The lowest BCUT2D eigenvalue weighted by Crippen LogP contribution is -2.27. The summed E-state index contributed by atoms with van der Waals surface area (Å²) in [6.07, 6.45) is 3.81. The predicted octanol–water partition coefficient (Wildman–Crippen LogP) is 2.25. The first-order valence-electron chi connectivity index (χ1n) is 6.19. The van der Waals surface area contributed by atoms with Gasteiger partial charge in [0, 0.05) is 13.2 Å². The Morgan fingerprint density at radius 1 is 1.44 bits per heavy atom. The molecule has 3 heterocycles.